The summed E-state index contributed by atoms with van der Waals surface area (Å²) in [5, 5.41) is 8.59. The summed E-state index contributed by atoms with van der Waals surface area (Å²) in [4.78, 5) is 23.0. The Morgan fingerprint density at radius 3 is 2.33 bits per heavy atom. The molecule has 0 radical (unpaired) electrons. The molecule has 0 aliphatic carbocycles. The van der Waals surface area contributed by atoms with Crippen molar-refractivity contribution < 1.29 is 23.5 Å². The molecule has 0 unspecified atom stereocenters. The number of terminal acetylenes is 1. The molecule has 0 aliphatic heterocycles. The minimum Gasteiger partial charge on any atom is -0.480 e. The summed E-state index contributed by atoms with van der Waals surface area (Å²) in [6, 6.07) is 2.92. The highest BCUT2D eigenvalue weighted by molar-refractivity contribution is 5.96. The number of amides is 1. The molecule has 0 spiro atoms. The Labute approximate surface area is 102 Å². The average Bonchev–Trinajstić information content (AvgIpc) is 2.27. The van der Waals surface area contributed by atoms with Crippen LogP contribution in [0.25, 0.3) is 0 Å². The number of hydrogen-bond acceptors (Lipinski definition) is 2. The van der Waals surface area contributed by atoms with Crippen LogP contribution in [0.4, 0.5) is 8.78 Å². The fraction of sp³-hybridized carbons (Fsp3) is 0.167. The predicted molar refractivity (Wildman–Crippen MR) is 58.7 cm³/mol. The normalized spacial score (nSPS) is 9.61. The van der Waals surface area contributed by atoms with Gasteiger partial charge in [-0.1, -0.05) is 12.0 Å². The molecule has 0 heterocycles. The number of carboxylic acids is 1. The van der Waals surface area contributed by atoms with Crippen LogP contribution >= 0.6 is 0 Å². The molecule has 0 bridgehead atoms. The monoisotopic (exact) mass is 253 g/mol. The zero-order valence-corrected chi connectivity index (χ0v) is 9.19. The van der Waals surface area contributed by atoms with Crippen LogP contribution in [0.15, 0.2) is 18.2 Å². The van der Waals surface area contributed by atoms with Gasteiger partial charge < -0.3 is 10.0 Å². The number of rotatable bonds is 4. The number of carbonyl (C=O) groups is 2. The van der Waals surface area contributed by atoms with Crippen LogP contribution in [0, 0.1) is 24.0 Å². The smallest absolute Gasteiger partial charge is 0.323 e. The van der Waals surface area contributed by atoms with Crippen LogP contribution in [0.5, 0.6) is 0 Å². The van der Waals surface area contributed by atoms with E-state index >= 15 is 0 Å². The van der Waals surface area contributed by atoms with Gasteiger partial charge in [-0.2, -0.15) is 0 Å². The maximum atomic E-state index is 13.4. The molecule has 0 aromatic heterocycles. The number of hydrogen-bond donors (Lipinski definition) is 1. The van der Waals surface area contributed by atoms with E-state index in [1.807, 2.05) is 0 Å². The summed E-state index contributed by atoms with van der Waals surface area (Å²) in [6.07, 6.45) is 4.97. The standard InChI is InChI=1S/C12H9F2NO3/c1-2-6-15(7-10(16)17)12(18)11-8(13)4-3-5-9(11)14/h1,3-5H,6-7H2,(H,16,17). The van der Waals surface area contributed by atoms with Crippen molar-refractivity contribution in [3.63, 3.8) is 0 Å². The Morgan fingerprint density at radius 1 is 1.33 bits per heavy atom. The molecule has 1 aromatic rings. The Morgan fingerprint density at radius 2 is 1.89 bits per heavy atom. The van der Waals surface area contributed by atoms with E-state index in [2.05, 4.69) is 5.92 Å². The fourth-order valence-corrected chi connectivity index (χ4v) is 1.33. The molecule has 1 N–H and O–H groups in total. The van der Waals surface area contributed by atoms with Crippen molar-refractivity contribution in [2.45, 2.75) is 0 Å². The summed E-state index contributed by atoms with van der Waals surface area (Å²) in [5.74, 6) is -2.48. The fourth-order valence-electron chi connectivity index (χ4n) is 1.33. The van der Waals surface area contributed by atoms with Crippen molar-refractivity contribution in [3.05, 3.63) is 35.4 Å². The van der Waals surface area contributed by atoms with E-state index in [0.717, 1.165) is 18.2 Å². The molecule has 1 amide bonds. The second kappa shape index (κ2) is 5.77. The van der Waals surface area contributed by atoms with Gasteiger partial charge in [0.25, 0.3) is 5.91 Å². The van der Waals surface area contributed by atoms with Gasteiger partial charge >= 0.3 is 5.97 Å². The van der Waals surface area contributed by atoms with Crippen LogP contribution in [0.2, 0.25) is 0 Å². The molecule has 0 atom stereocenters. The van der Waals surface area contributed by atoms with E-state index < -0.39 is 35.6 Å². The summed E-state index contributed by atoms with van der Waals surface area (Å²) in [5.41, 5.74) is -0.811. The zero-order chi connectivity index (χ0) is 13.7. The van der Waals surface area contributed by atoms with Gasteiger partial charge in [0, 0.05) is 0 Å². The van der Waals surface area contributed by atoms with Gasteiger partial charge in [0.2, 0.25) is 0 Å². The lowest BCUT2D eigenvalue weighted by atomic mass is 10.1. The topological polar surface area (TPSA) is 57.6 Å². The predicted octanol–water partition coefficient (Wildman–Crippen LogP) is 1.12. The first-order valence-corrected chi connectivity index (χ1v) is 4.86. The largest absolute Gasteiger partial charge is 0.480 e. The molecule has 1 aromatic carbocycles. The van der Waals surface area contributed by atoms with Crippen molar-refractivity contribution in [3.8, 4) is 12.3 Å². The first-order valence-electron chi connectivity index (χ1n) is 4.86. The summed E-state index contributed by atoms with van der Waals surface area (Å²) in [7, 11) is 0. The minimum atomic E-state index is -1.32. The molecular formula is C12H9F2NO3. The van der Waals surface area contributed by atoms with Gasteiger partial charge in [0.1, 0.15) is 23.7 Å². The Bertz CT molecular complexity index is 502. The van der Waals surface area contributed by atoms with Crippen molar-refractivity contribution >= 4 is 11.9 Å². The molecule has 4 nitrogen and oxygen atoms in total. The molecule has 0 saturated heterocycles. The van der Waals surface area contributed by atoms with E-state index in [0.29, 0.717) is 4.90 Å². The van der Waals surface area contributed by atoms with Crippen molar-refractivity contribution in [1.82, 2.24) is 4.90 Å². The highest BCUT2D eigenvalue weighted by Gasteiger charge is 2.23. The third-order valence-electron chi connectivity index (χ3n) is 2.07. The van der Waals surface area contributed by atoms with E-state index in [-0.39, 0.29) is 6.54 Å². The SMILES string of the molecule is C#CCN(CC(=O)O)C(=O)c1c(F)cccc1F. The number of aliphatic carboxylic acids is 1. The Kier molecular flexibility index (Phi) is 4.38. The van der Waals surface area contributed by atoms with E-state index in [1.165, 1.54) is 0 Å². The number of halogens is 2. The highest BCUT2D eigenvalue weighted by atomic mass is 19.1. The maximum absolute atomic E-state index is 13.4. The van der Waals surface area contributed by atoms with E-state index in [9.17, 15) is 18.4 Å². The molecule has 1 rings (SSSR count). The molecule has 0 saturated carbocycles. The highest BCUT2D eigenvalue weighted by Crippen LogP contribution is 2.14. The number of nitrogens with zero attached hydrogens (tertiary/aromatic N) is 1. The van der Waals surface area contributed by atoms with Gasteiger partial charge in [-0.15, -0.1) is 6.42 Å². The van der Waals surface area contributed by atoms with Gasteiger partial charge in [0.05, 0.1) is 6.54 Å². The first-order chi connectivity index (χ1) is 8.47. The summed E-state index contributed by atoms with van der Waals surface area (Å²) < 4.78 is 26.7. The van der Waals surface area contributed by atoms with Crippen LogP contribution in [0.1, 0.15) is 10.4 Å². The van der Waals surface area contributed by atoms with E-state index in [4.69, 9.17) is 11.5 Å². The van der Waals surface area contributed by atoms with E-state index in [1.54, 1.807) is 0 Å². The van der Waals surface area contributed by atoms with Crippen LogP contribution in [-0.4, -0.2) is 35.0 Å². The molecular weight excluding hydrogens is 244 g/mol. The second-order valence-corrected chi connectivity index (χ2v) is 3.36. The third kappa shape index (κ3) is 3.04. The number of carbonyl (C=O) groups excluding carboxylic acids is 1. The lowest BCUT2D eigenvalue weighted by Crippen LogP contribution is -2.37. The zero-order valence-electron chi connectivity index (χ0n) is 9.19. The van der Waals surface area contributed by atoms with Crippen LogP contribution in [0.3, 0.4) is 0 Å². The first kappa shape index (κ1) is 13.6. The third-order valence-corrected chi connectivity index (χ3v) is 2.07. The molecule has 18 heavy (non-hydrogen) atoms. The van der Waals surface area contributed by atoms with Crippen molar-refractivity contribution in [2.75, 3.05) is 13.1 Å². The number of benzene rings is 1. The average molecular weight is 253 g/mol. The molecule has 94 valence electrons. The number of carboxylic acid groups (broad SMARTS) is 1. The maximum Gasteiger partial charge on any atom is 0.323 e. The molecule has 6 heteroatoms. The van der Waals surface area contributed by atoms with Gasteiger partial charge in [0.15, 0.2) is 0 Å². The Balaban J connectivity index is 3.10. The molecule has 0 aliphatic rings. The van der Waals surface area contributed by atoms with Gasteiger partial charge in [-0.05, 0) is 12.1 Å². The minimum absolute atomic E-state index is 0.348. The lowest BCUT2D eigenvalue weighted by molar-refractivity contribution is -0.137. The Hall–Kier alpha value is -2.42. The quantitative estimate of drug-likeness (QED) is 0.818. The van der Waals surface area contributed by atoms with Gasteiger partial charge in [-0.3, -0.25) is 9.59 Å². The van der Waals surface area contributed by atoms with Crippen molar-refractivity contribution in [2.24, 2.45) is 0 Å². The lowest BCUT2D eigenvalue weighted by Gasteiger charge is -2.18. The summed E-state index contributed by atoms with van der Waals surface area (Å²) >= 11 is 0. The van der Waals surface area contributed by atoms with Crippen LogP contribution in [-0.2, 0) is 4.79 Å². The van der Waals surface area contributed by atoms with Gasteiger partial charge in [-0.25, -0.2) is 8.78 Å². The molecule has 0 fully saturated rings. The van der Waals surface area contributed by atoms with Crippen LogP contribution < -0.4 is 0 Å². The van der Waals surface area contributed by atoms with Crippen molar-refractivity contribution in [1.29, 1.82) is 0 Å². The second-order valence-electron chi connectivity index (χ2n) is 3.36. The summed E-state index contributed by atoms with van der Waals surface area (Å²) in [6.45, 7) is -1.07.